The summed E-state index contributed by atoms with van der Waals surface area (Å²) in [7, 11) is 0. The molecule has 74 valence electrons. The maximum Gasteiger partial charge on any atom is 0.209 e. The maximum atomic E-state index is 10.6. The topological polar surface area (TPSA) is 55.3 Å². The highest BCUT2D eigenvalue weighted by Crippen LogP contribution is 2.19. The lowest BCUT2D eigenvalue weighted by Gasteiger charge is -2.29. The lowest BCUT2D eigenvalue weighted by Crippen LogP contribution is -2.37. The fourth-order valence-electron chi connectivity index (χ4n) is 1.44. The van der Waals surface area contributed by atoms with Gasteiger partial charge in [-0.2, -0.15) is 0 Å². The highest BCUT2D eigenvalue weighted by molar-refractivity contribution is 5.47. The van der Waals surface area contributed by atoms with Gasteiger partial charge in [0.25, 0.3) is 0 Å². The minimum atomic E-state index is -0.0878. The van der Waals surface area contributed by atoms with Gasteiger partial charge in [-0.1, -0.05) is 0 Å². The van der Waals surface area contributed by atoms with Gasteiger partial charge < -0.3 is 9.64 Å². The number of carbonyl (C=O) groups is 1. The molecule has 0 saturated carbocycles. The fraction of sp³-hybridized carbons (Fsp3) is 0.444. The van der Waals surface area contributed by atoms with Crippen LogP contribution in [0.2, 0.25) is 0 Å². The van der Waals surface area contributed by atoms with Crippen LogP contribution < -0.4 is 0 Å². The summed E-state index contributed by atoms with van der Waals surface area (Å²) >= 11 is 0. The van der Waals surface area contributed by atoms with Gasteiger partial charge in [-0.05, 0) is 0 Å². The molecule has 0 aliphatic carbocycles. The SMILES string of the molecule is O=CN1CCOC(c2cncnc2)C1. The van der Waals surface area contributed by atoms with Crippen LogP contribution in [0.1, 0.15) is 11.7 Å². The molecule has 2 rings (SSSR count). The Bertz CT molecular complexity index is 304. The number of morpholine rings is 1. The van der Waals surface area contributed by atoms with Crippen LogP contribution in [0.4, 0.5) is 0 Å². The second-order valence-corrected chi connectivity index (χ2v) is 3.13. The van der Waals surface area contributed by atoms with Crippen molar-refractivity contribution in [2.75, 3.05) is 19.7 Å². The minimum absolute atomic E-state index is 0.0878. The van der Waals surface area contributed by atoms with Crippen LogP contribution in [0.15, 0.2) is 18.7 Å². The van der Waals surface area contributed by atoms with Crippen molar-refractivity contribution in [1.82, 2.24) is 14.9 Å². The third-order valence-corrected chi connectivity index (χ3v) is 2.20. The molecule has 14 heavy (non-hydrogen) atoms. The zero-order chi connectivity index (χ0) is 9.80. The normalized spacial score (nSPS) is 22.0. The predicted molar refractivity (Wildman–Crippen MR) is 48.4 cm³/mol. The number of ether oxygens (including phenoxy) is 1. The second kappa shape index (κ2) is 4.15. The molecule has 1 aliphatic rings. The van der Waals surface area contributed by atoms with E-state index in [1.807, 2.05) is 0 Å². The van der Waals surface area contributed by atoms with Crippen molar-refractivity contribution >= 4 is 6.41 Å². The third-order valence-electron chi connectivity index (χ3n) is 2.20. The number of hydrogen-bond donors (Lipinski definition) is 0. The first kappa shape index (κ1) is 9.08. The zero-order valence-electron chi connectivity index (χ0n) is 7.67. The van der Waals surface area contributed by atoms with Crippen molar-refractivity contribution in [2.24, 2.45) is 0 Å². The van der Waals surface area contributed by atoms with Crippen LogP contribution in [0, 0.1) is 0 Å². The van der Waals surface area contributed by atoms with Gasteiger partial charge in [0.05, 0.1) is 13.2 Å². The van der Waals surface area contributed by atoms with Crippen molar-refractivity contribution in [2.45, 2.75) is 6.10 Å². The quantitative estimate of drug-likeness (QED) is 0.621. The molecule has 1 aromatic heterocycles. The Morgan fingerprint density at radius 2 is 2.29 bits per heavy atom. The molecule has 1 aliphatic heterocycles. The van der Waals surface area contributed by atoms with Crippen molar-refractivity contribution in [3.05, 3.63) is 24.3 Å². The zero-order valence-corrected chi connectivity index (χ0v) is 7.67. The Labute approximate surface area is 81.7 Å². The van der Waals surface area contributed by atoms with Crippen LogP contribution in [0.25, 0.3) is 0 Å². The number of nitrogens with zero attached hydrogens (tertiary/aromatic N) is 3. The second-order valence-electron chi connectivity index (χ2n) is 3.13. The smallest absolute Gasteiger partial charge is 0.209 e. The molecule has 1 fully saturated rings. The monoisotopic (exact) mass is 193 g/mol. The summed E-state index contributed by atoms with van der Waals surface area (Å²) < 4.78 is 5.52. The molecule has 1 saturated heterocycles. The first-order valence-electron chi connectivity index (χ1n) is 4.46. The van der Waals surface area contributed by atoms with Crippen molar-refractivity contribution < 1.29 is 9.53 Å². The van der Waals surface area contributed by atoms with Gasteiger partial charge in [0.15, 0.2) is 0 Å². The summed E-state index contributed by atoms with van der Waals surface area (Å²) in [5, 5.41) is 0. The summed E-state index contributed by atoms with van der Waals surface area (Å²) in [4.78, 5) is 20.1. The van der Waals surface area contributed by atoms with E-state index >= 15 is 0 Å². The highest BCUT2D eigenvalue weighted by Gasteiger charge is 2.20. The maximum absolute atomic E-state index is 10.6. The number of amides is 1. The van der Waals surface area contributed by atoms with Gasteiger partial charge in [-0.3, -0.25) is 4.79 Å². The summed E-state index contributed by atoms with van der Waals surface area (Å²) in [5.74, 6) is 0. The molecule has 0 spiro atoms. The summed E-state index contributed by atoms with van der Waals surface area (Å²) in [6.07, 6.45) is 5.66. The number of hydrogen-bond acceptors (Lipinski definition) is 4. The van der Waals surface area contributed by atoms with E-state index in [1.54, 1.807) is 17.3 Å². The average molecular weight is 193 g/mol. The molecule has 5 heteroatoms. The van der Waals surface area contributed by atoms with Crippen molar-refractivity contribution in [3.63, 3.8) is 0 Å². The van der Waals surface area contributed by atoms with E-state index < -0.39 is 0 Å². The molecule has 1 atom stereocenters. The first-order valence-corrected chi connectivity index (χ1v) is 4.46. The Morgan fingerprint density at radius 3 is 3.00 bits per heavy atom. The van der Waals surface area contributed by atoms with E-state index in [-0.39, 0.29) is 6.10 Å². The Hall–Kier alpha value is -1.49. The molecule has 0 N–H and O–H groups in total. The minimum Gasteiger partial charge on any atom is -0.370 e. The molecular formula is C9H11N3O2. The van der Waals surface area contributed by atoms with E-state index in [9.17, 15) is 4.79 Å². The highest BCUT2D eigenvalue weighted by atomic mass is 16.5. The van der Waals surface area contributed by atoms with E-state index in [0.29, 0.717) is 19.7 Å². The van der Waals surface area contributed by atoms with E-state index in [2.05, 4.69) is 9.97 Å². The van der Waals surface area contributed by atoms with Crippen LogP contribution in [-0.2, 0) is 9.53 Å². The lowest BCUT2D eigenvalue weighted by molar-refractivity contribution is -0.125. The molecule has 0 radical (unpaired) electrons. The van der Waals surface area contributed by atoms with Gasteiger partial charge in [0.2, 0.25) is 6.41 Å². The molecule has 0 bridgehead atoms. The number of rotatable bonds is 2. The van der Waals surface area contributed by atoms with Gasteiger partial charge in [0.1, 0.15) is 12.4 Å². The predicted octanol–water partition coefficient (Wildman–Crippen LogP) is 0.00630. The van der Waals surface area contributed by atoms with Crippen molar-refractivity contribution in [3.8, 4) is 0 Å². The van der Waals surface area contributed by atoms with Crippen LogP contribution >= 0.6 is 0 Å². The average Bonchev–Trinajstić information content (AvgIpc) is 2.30. The largest absolute Gasteiger partial charge is 0.370 e. The fourth-order valence-corrected chi connectivity index (χ4v) is 1.44. The van der Waals surface area contributed by atoms with Crippen LogP contribution in [-0.4, -0.2) is 41.0 Å². The molecule has 1 amide bonds. The molecule has 2 heterocycles. The molecule has 0 aromatic carbocycles. The van der Waals surface area contributed by atoms with Gasteiger partial charge in [-0.25, -0.2) is 9.97 Å². The molecule has 1 aromatic rings. The number of aromatic nitrogens is 2. The molecule has 5 nitrogen and oxygen atoms in total. The van der Waals surface area contributed by atoms with Crippen LogP contribution in [0.5, 0.6) is 0 Å². The Balaban J connectivity index is 2.08. The van der Waals surface area contributed by atoms with Crippen molar-refractivity contribution in [1.29, 1.82) is 0 Å². The van der Waals surface area contributed by atoms with Crippen LogP contribution in [0.3, 0.4) is 0 Å². The van der Waals surface area contributed by atoms with E-state index in [4.69, 9.17) is 4.74 Å². The Kier molecular flexibility index (Phi) is 2.69. The first-order chi connectivity index (χ1) is 6.90. The third kappa shape index (κ3) is 1.88. The van der Waals surface area contributed by atoms with Gasteiger partial charge >= 0.3 is 0 Å². The summed E-state index contributed by atoms with van der Waals surface area (Å²) in [5.41, 5.74) is 0.916. The van der Waals surface area contributed by atoms with E-state index in [1.165, 1.54) is 6.33 Å². The standard InChI is InChI=1S/C9H11N3O2/c13-7-12-1-2-14-9(5-12)8-3-10-6-11-4-8/h3-4,6-7,9H,1-2,5H2. The molecule has 1 unspecified atom stereocenters. The Morgan fingerprint density at radius 1 is 1.50 bits per heavy atom. The summed E-state index contributed by atoms with van der Waals surface area (Å²) in [6, 6.07) is 0. The lowest BCUT2D eigenvalue weighted by atomic mass is 10.1. The molecular weight excluding hydrogens is 182 g/mol. The van der Waals surface area contributed by atoms with Gasteiger partial charge in [-0.15, -0.1) is 0 Å². The van der Waals surface area contributed by atoms with E-state index in [0.717, 1.165) is 12.0 Å². The number of carbonyl (C=O) groups excluding carboxylic acids is 1. The van der Waals surface area contributed by atoms with Gasteiger partial charge in [0, 0.05) is 24.5 Å². The summed E-state index contributed by atoms with van der Waals surface area (Å²) in [6.45, 7) is 1.81.